The van der Waals surface area contributed by atoms with E-state index in [9.17, 15) is 44.4 Å². The topological polar surface area (TPSA) is 437 Å². The molecule has 777 valence electrons. The van der Waals surface area contributed by atoms with E-state index in [4.69, 9.17) is 128 Å². The maximum atomic E-state index is 14.0. The van der Waals surface area contributed by atoms with Gasteiger partial charge in [-0.2, -0.15) is 0 Å². The third kappa shape index (κ3) is 77.3. The molecule has 42 heteroatoms. The number of hydrogen-bond donors (Lipinski definition) is 0. The van der Waals surface area contributed by atoms with Crippen molar-refractivity contribution in [3.05, 3.63) is 59.2 Å². The Bertz CT molecular complexity index is 3330. The molecule has 0 spiro atoms. The molecule has 0 fully saturated rings. The Morgan fingerprint density at radius 3 is 0.650 bits per heavy atom. The standard InChI is InChI=1S/C95H161N3O36.Mn.2Na/c1-90(2,3)129-53-41-114-29-23-108-35-47-120-79-61-75(62-80(121-48-36-109-24-30-115-42-54-130-91(4,5)6)88(79)124-51-39-112-27-33-118-45-57-133-94(13,14)15)71-126-77-59-74(73-128-87(107)70-98(69-86(105)106)22-20-96(66-83(99)100)19-21-97(67-84(101)102)68-85(103)104)60-78(65-77)127-72-76-63-81(122-49-37-110-25-31-116-43-55-131-92(7,8)9)89(125-52-40-113-28-34-119-46-58-134-95(16,17)18)82(64-76)123-50-38-111-26-32-117-44-56-132-93(10,11)12;;;/h59-65H,19-58,66-73H2,1-18H3,(H,99,100)(H,101,102)(H,103,104)(H,105,106);;;/q;+2;2*+1/p-4. The van der Waals surface area contributed by atoms with Crippen LogP contribution >= 0.6 is 0 Å². The van der Waals surface area contributed by atoms with E-state index in [0.717, 1.165) is 9.80 Å². The van der Waals surface area contributed by atoms with E-state index in [0.29, 0.717) is 136 Å². The fourth-order valence-electron chi connectivity index (χ4n) is 11.4. The van der Waals surface area contributed by atoms with Crippen molar-refractivity contribution in [2.75, 3.05) is 297 Å². The summed E-state index contributed by atoms with van der Waals surface area (Å²) in [5.41, 5.74) is -0.539. The summed E-state index contributed by atoms with van der Waals surface area (Å²) >= 11 is 0. The van der Waals surface area contributed by atoms with E-state index < -0.39 is 69.2 Å². The minimum Gasteiger partial charge on any atom is -0.549 e. The summed E-state index contributed by atoms with van der Waals surface area (Å²) in [6, 6.07) is 11.7. The Morgan fingerprint density at radius 2 is 0.423 bits per heavy atom. The van der Waals surface area contributed by atoms with Crippen molar-refractivity contribution < 1.29 is 248 Å². The van der Waals surface area contributed by atoms with Crippen molar-refractivity contribution >= 4 is 29.8 Å². The van der Waals surface area contributed by atoms with E-state index in [1.54, 1.807) is 42.5 Å². The maximum absolute atomic E-state index is 14.0. The van der Waals surface area contributed by atoms with Gasteiger partial charge in [0.25, 0.3) is 0 Å². The molecule has 0 aliphatic rings. The number of carboxylic acid groups (broad SMARTS) is 4. The van der Waals surface area contributed by atoms with Crippen molar-refractivity contribution in [1.29, 1.82) is 0 Å². The minimum atomic E-state index is -1.60. The van der Waals surface area contributed by atoms with Crippen LogP contribution in [0.5, 0.6) is 46.0 Å². The SMILES string of the molecule is CC(C)(C)OCCOCCOCCOc1cc(COc2cc(COC(=O)CN(CCN(CCN(CC(=O)[O-])CC(=O)[O-])CC(=O)[O-])CC(=O)[O-])cc(OCc3cc(OCCOCCOCCOC(C)(C)C)c(OCCOCCOCCOC(C)(C)C)c(OCCOCCOCCOC(C)(C)C)c3)c2)cc(OCCOCCOCCOC(C)(C)C)c1OCCOCCOCCOC(C)(C)C.[Mn+2].[Na+].[Na+]. The average Bonchev–Trinajstić information content (AvgIpc) is 0.820. The molecule has 0 aromatic heterocycles. The normalized spacial score (nSPS) is 12.0. The van der Waals surface area contributed by atoms with Gasteiger partial charge in [-0.15, -0.1) is 0 Å². The summed E-state index contributed by atoms with van der Waals surface area (Å²) in [5.74, 6) is -5.36. The Labute approximate surface area is 866 Å². The smallest absolute Gasteiger partial charge is 0.549 e. The van der Waals surface area contributed by atoms with Crippen LogP contribution in [0.4, 0.5) is 0 Å². The Morgan fingerprint density at radius 1 is 0.234 bits per heavy atom. The van der Waals surface area contributed by atoms with Gasteiger partial charge in [0.1, 0.15) is 71.0 Å². The number of esters is 1. The van der Waals surface area contributed by atoms with Gasteiger partial charge in [-0.1, -0.05) is 0 Å². The molecule has 0 aliphatic heterocycles. The third-order valence-corrected chi connectivity index (χ3v) is 17.2. The second-order valence-corrected chi connectivity index (χ2v) is 36.3. The van der Waals surface area contributed by atoms with Crippen LogP contribution in [-0.4, -0.2) is 375 Å². The molecule has 1 radical (unpaired) electrons. The first kappa shape index (κ1) is 132. The number of carbonyl (C=O) groups excluding carboxylic acids is 5. The van der Waals surface area contributed by atoms with Gasteiger partial charge >= 0.3 is 82.2 Å². The zero-order valence-corrected chi connectivity index (χ0v) is 90.6. The van der Waals surface area contributed by atoms with Crippen LogP contribution in [0.15, 0.2) is 42.5 Å². The molecule has 39 nitrogen and oxygen atoms in total. The van der Waals surface area contributed by atoms with Gasteiger partial charge in [-0.05, 0) is 178 Å². The Balaban J connectivity index is 0.0000617. The molecule has 3 rings (SSSR count). The van der Waals surface area contributed by atoms with Crippen molar-refractivity contribution in [3.8, 4) is 46.0 Å². The molecule has 0 aliphatic carbocycles. The summed E-state index contributed by atoms with van der Waals surface area (Å²) in [6.07, 6.45) is 0. The molecule has 0 atom stereocenters. The van der Waals surface area contributed by atoms with E-state index >= 15 is 0 Å². The Hall–Kier alpha value is -4.91. The molecule has 3 aromatic rings. The Kier molecular flexibility index (Phi) is 73.9. The van der Waals surface area contributed by atoms with Gasteiger partial charge in [0.05, 0.1) is 262 Å². The molecule has 0 heterocycles. The number of aliphatic carboxylic acids is 4. The zero-order valence-electron chi connectivity index (χ0n) is 85.4. The molecular weight excluding hydrogens is 1860 g/mol. The first-order chi connectivity index (χ1) is 63.5. The van der Waals surface area contributed by atoms with E-state index in [2.05, 4.69) is 0 Å². The zero-order chi connectivity index (χ0) is 99.0. The molecule has 3 aromatic carbocycles. The summed E-state index contributed by atoms with van der Waals surface area (Å²) in [6.45, 7) is 39.2. The van der Waals surface area contributed by atoms with Gasteiger partial charge in [0, 0.05) is 58.4 Å². The molecule has 0 saturated carbocycles. The molecule has 137 heavy (non-hydrogen) atoms. The van der Waals surface area contributed by atoms with Gasteiger partial charge < -0.3 is 167 Å². The molecular formula is C95H157MnN3Na2O36. The molecule has 0 amide bonds. The van der Waals surface area contributed by atoms with Crippen molar-refractivity contribution in [2.24, 2.45) is 0 Å². The van der Waals surface area contributed by atoms with Gasteiger partial charge in [-0.3, -0.25) is 19.5 Å². The van der Waals surface area contributed by atoms with Gasteiger partial charge in [-0.25, -0.2) is 0 Å². The van der Waals surface area contributed by atoms with Crippen molar-refractivity contribution in [2.45, 2.75) is 178 Å². The van der Waals surface area contributed by atoms with Gasteiger partial charge in [0.15, 0.2) is 23.0 Å². The maximum Gasteiger partial charge on any atom is 2.00 e. The largest absolute Gasteiger partial charge is 2.00 e. The number of benzene rings is 3. The fraction of sp³-hybridized carbons (Fsp3) is 0.758. The van der Waals surface area contributed by atoms with Crippen LogP contribution in [0.1, 0.15) is 141 Å². The third-order valence-electron chi connectivity index (χ3n) is 17.2. The first-order valence-corrected chi connectivity index (χ1v) is 45.9. The van der Waals surface area contributed by atoms with Gasteiger partial charge in [0.2, 0.25) is 11.5 Å². The van der Waals surface area contributed by atoms with Crippen LogP contribution in [0.25, 0.3) is 0 Å². The predicted octanol–water partition coefficient (Wildman–Crippen LogP) is -1.84. The second-order valence-electron chi connectivity index (χ2n) is 36.3. The van der Waals surface area contributed by atoms with Crippen LogP contribution in [0.2, 0.25) is 0 Å². The van der Waals surface area contributed by atoms with Crippen LogP contribution in [0.3, 0.4) is 0 Å². The van der Waals surface area contributed by atoms with Crippen molar-refractivity contribution in [3.63, 3.8) is 0 Å². The number of carboxylic acids is 4. The molecule has 0 unspecified atom stereocenters. The van der Waals surface area contributed by atoms with Crippen LogP contribution in [-0.2, 0) is 151 Å². The van der Waals surface area contributed by atoms with E-state index in [-0.39, 0.29) is 314 Å². The molecule has 0 N–H and O–H groups in total. The monoisotopic (exact) mass is 2020 g/mol. The molecule has 0 bridgehead atoms. The van der Waals surface area contributed by atoms with Crippen LogP contribution in [0, 0.1) is 0 Å². The summed E-state index contributed by atoms with van der Waals surface area (Å²) in [7, 11) is 0. The van der Waals surface area contributed by atoms with Crippen molar-refractivity contribution in [1.82, 2.24) is 14.7 Å². The fourth-order valence-corrected chi connectivity index (χ4v) is 11.4. The average molecular weight is 2020 g/mol. The number of nitrogens with zero attached hydrogens (tertiary/aromatic N) is 3. The second kappa shape index (κ2) is 76.7. The van der Waals surface area contributed by atoms with E-state index in [1.807, 2.05) is 125 Å². The quantitative estimate of drug-likeness (QED) is 0.0340. The number of rotatable bonds is 84. The number of carbonyl (C=O) groups is 5. The first-order valence-electron chi connectivity index (χ1n) is 45.9. The summed E-state index contributed by atoms with van der Waals surface area (Å²) in [5, 5.41) is 47.1. The molecule has 0 saturated heterocycles. The van der Waals surface area contributed by atoms with Crippen LogP contribution < -0.4 is 117 Å². The minimum absolute atomic E-state index is 0. The number of ether oxygens (including phenoxy) is 27. The number of hydrogen-bond acceptors (Lipinski definition) is 39. The van der Waals surface area contributed by atoms with E-state index in [1.165, 1.54) is 4.90 Å². The predicted molar refractivity (Wildman–Crippen MR) is 484 cm³/mol. The summed E-state index contributed by atoms with van der Waals surface area (Å²) in [4.78, 5) is 64.4. The summed E-state index contributed by atoms with van der Waals surface area (Å²) < 4.78 is 163.